The molecule has 6 atom stereocenters. The summed E-state index contributed by atoms with van der Waals surface area (Å²) in [5.74, 6) is 0. The summed E-state index contributed by atoms with van der Waals surface area (Å²) < 4.78 is 5.84. The second kappa shape index (κ2) is 4.05. The van der Waals surface area contributed by atoms with Crippen LogP contribution in [0.3, 0.4) is 0 Å². The van der Waals surface area contributed by atoms with E-state index in [0.717, 1.165) is 12.8 Å². The minimum absolute atomic E-state index is 0.0711. The highest BCUT2D eigenvalue weighted by Crippen LogP contribution is 2.73. The number of aliphatic hydroxyl groups is 1. The van der Waals surface area contributed by atoms with Crippen LogP contribution in [0.25, 0.3) is 0 Å². The topological polar surface area (TPSA) is 29.5 Å². The summed E-state index contributed by atoms with van der Waals surface area (Å²) in [5.41, 5.74) is -1.50. The van der Waals surface area contributed by atoms with Crippen LogP contribution in [0.15, 0.2) is 12.2 Å². The van der Waals surface area contributed by atoms with E-state index in [0.29, 0.717) is 0 Å². The highest BCUT2D eigenvalue weighted by molar-refractivity contribution is 9.10. The SMILES string of the molecule is CC1(C)[C@@]2(Br)C=C[C@@](C)(O)[C@]13C[C@@H](Br)[C@@](C)(Cl)C[C@@H]3O2. The molecule has 0 amide bonds. The molecule has 1 N–H and O–H groups in total. The Bertz CT molecular complexity index is 488. The average molecular weight is 429 g/mol. The smallest absolute Gasteiger partial charge is 0.147 e. The normalized spacial score (nSPS) is 60.4. The molecule has 1 saturated carbocycles. The fraction of sp³-hybridized carbons (Fsp3) is 0.867. The first-order valence-corrected chi connectivity index (χ1v) is 9.11. The van der Waals surface area contributed by atoms with Crippen LogP contribution >= 0.6 is 43.5 Å². The Morgan fingerprint density at radius 3 is 2.40 bits per heavy atom. The fourth-order valence-corrected chi connectivity index (χ4v) is 6.21. The van der Waals surface area contributed by atoms with E-state index in [1.54, 1.807) is 0 Å². The zero-order valence-electron chi connectivity index (χ0n) is 12.2. The van der Waals surface area contributed by atoms with Gasteiger partial charge in [0.1, 0.15) is 4.51 Å². The summed E-state index contributed by atoms with van der Waals surface area (Å²) >= 11 is 14.2. The van der Waals surface area contributed by atoms with Crippen molar-refractivity contribution in [2.75, 3.05) is 0 Å². The third-order valence-corrected chi connectivity index (χ3v) is 9.55. The lowest BCUT2D eigenvalue weighted by Crippen LogP contribution is -2.65. The summed E-state index contributed by atoms with van der Waals surface area (Å²) in [6, 6.07) is 0. The van der Waals surface area contributed by atoms with Gasteiger partial charge in [-0.2, -0.15) is 0 Å². The van der Waals surface area contributed by atoms with Gasteiger partial charge in [0.25, 0.3) is 0 Å². The first-order valence-electron chi connectivity index (χ1n) is 7.02. The molecule has 1 spiro atoms. The summed E-state index contributed by atoms with van der Waals surface area (Å²) in [4.78, 5) is -0.216. The van der Waals surface area contributed by atoms with Crippen molar-refractivity contribution in [3.05, 3.63) is 12.2 Å². The summed E-state index contributed by atoms with van der Waals surface area (Å²) in [7, 11) is 0. The molecule has 2 nitrogen and oxygen atoms in total. The Hall–Kier alpha value is 0.910. The van der Waals surface area contributed by atoms with Gasteiger partial charge in [-0.15, -0.1) is 11.6 Å². The minimum atomic E-state index is -0.908. The quantitative estimate of drug-likeness (QED) is 0.459. The third kappa shape index (κ3) is 1.58. The fourth-order valence-electron chi connectivity index (χ4n) is 4.58. The van der Waals surface area contributed by atoms with E-state index in [2.05, 4.69) is 45.7 Å². The van der Waals surface area contributed by atoms with E-state index in [4.69, 9.17) is 16.3 Å². The van der Waals surface area contributed by atoms with Gasteiger partial charge in [0, 0.05) is 15.7 Å². The summed E-state index contributed by atoms with van der Waals surface area (Å²) in [5, 5.41) is 11.1. The number of rotatable bonds is 0. The van der Waals surface area contributed by atoms with Crippen LogP contribution in [0, 0.1) is 10.8 Å². The highest BCUT2D eigenvalue weighted by Gasteiger charge is 2.76. The molecule has 2 bridgehead atoms. The zero-order chi connectivity index (χ0) is 15.2. The van der Waals surface area contributed by atoms with E-state index in [1.807, 2.05) is 26.0 Å². The molecule has 2 aliphatic carbocycles. The Balaban J connectivity index is 2.21. The molecule has 0 aromatic rings. The largest absolute Gasteiger partial charge is 0.385 e. The molecule has 20 heavy (non-hydrogen) atoms. The standard InChI is InChI=1S/C15H21Br2ClO2/c1-11(2)14-7-9(16)12(3,18)8-10(14)20-15(11,17)6-5-13(14,4)19/h5-6,9-10,19H,7-8H2,1-4H3/t9-,10+,12+,13-,14+,15-/m1/s1. The summed E-state index contributed by atoms with van der Waals surface area (Å²) in [6.07, 6.45) is 5.29. The van der Waals surface area contributed by atoms with E-state index in [1.165, 1.54) is 0 Å². The van der Waals surface area contributed by atoms with Gasteiger partial charge in [0.05, 0.1) is 16.6 Å². The zero-order valence-corrected chi connectivity index (χ0v) is 16.1. The Morgan fingerprint density at radius 1 is 1.20 bits per heavy atom. The maximum atomic E-state index is 11.1. The molecule has 0 aromatic carbocycles. The van der Waals surface area contributed by atoms with Crippen molar-refractivity contribution < 1.29 is 9.84 Å². The molecule has 0 unspecified atom stereocenters. The van der Waals surface area contributed by atoms with Crippen LogP contribution in [0.4, 0.5) is 0 Å². The molecule has 0 aromatic heterocycles. The molecule has 114 valence electrons. The van der Waals surface area contributed by atoms with E-state index in [9.17, 15) is 5.11 Å². The Morgan fingerprint density at radius 2 is 1.80 bits per heavy atom. The maximum absolute atomic E-state index is 11.1. The molecule has 3 rings (SSSR count). The van der Waals surface area contributed by atoms with Crippen molar-refractivity contribution in [1.29, 1.82) is 0 Å². The molecular formula is C15H21Br2ClO2. The molecule has 1 saturated heterocycles. The molecule has 0 radical (unpaired) electrons. The summed E-state index contributed by atoms with van der Waals surface area (Å²) in [6.45, 7) is 8.30. The Labute approximate surface area is 142 Å². The van der Waals surface area contributed by atoms with Gasteiger partial charge in [-0.25, -0.2) is 0 Å². The van der Waals surface area contributed by atoms with Crippen LogP contribution in [-0.2, 0) is 4.74 Å². The predicted octanol–water partition coefficient (Wildman–Crippen LogP) is 4.36. The number of fused-ring (bicyclic) bond motifs is 1. The minimum Gasteiger partial charge on any atom is -0.385 e. The number of hydrogen-bond acceptors (Lipinski definition) is 2. The lowest BCUT2D eigenvalue weighted by molar-refractivity contribution is -0.132. The Kier molecular flexibility index (Phi) is 3.20. The van der Waals surface area contributed by atoms with Crippen LogP contribution in [-0.4, -0.2) is 31.0 Å². The molecular weight excluding hydrogens is 407 g/mol. The van der Waals surface area contributed by atoms with Crippen LogP contribution < -0.4 is 0 Å². The highest BCUT2D eigenvalue weighted by atomic mass is 79.9. The van der Waals surface area contributed by atoms with Gasteiger partial charge < -0.3 is 9.84 Å². The lowest BCUT2D eigenvalue weighted by Gasteiger charge is -2.59. The van der Waals surface area contributed by atoms with Crippen LogP contribution in [0.1, 0.15) is 40.5 Å². The molecule has 3 aliphatic rings. The molecule has 5 heteroatoms. The number of halogens is 3. The van der Waals surface area contributed by atoms with Gasteiger partial charge in [0.2, 0.25) is 0 Å². The average Bonchev–Trinajstić information content (AvgIpc) is 2.37. The van der Waals surface area contributed by atoms with Gasteiger partial charge in [0.15, 0.2) is 0 Å². The number of alkyl halides is 3. The van der Waals surface area contributed by atoms with Gasteiger partial charge in [-0.05, 0) is 48.7 Å². The molecule has 1 aliphatic heterocycles. The van der Waals surface area contributed by atoms with E-state index >= 15 is 0 Å². The monoisotopic (exact) mass is 426 g/mol. The number of ether oxygens (including phenoxy) is 1. The molecule has 1 heterocycles. The molecule has 2 fully saturated rings. The van der Waals surface area contributed by atoms with E-state index < -0.39 is 10.1 Å². The van der Waals surface area contributed by atoms with Crippen LogP contribution in [0.5, 0.6) is 0 Å². The van der Waals surface area contributed by atoms with Crippen molar-refractivity contribution in [3.8, 4) is 0 Å². The maximum Gasteiger partial charge on any atom is 0.147 e. The second-order valence-electron chi connectivity index (χ2n) is 7.48. The van der Waals surface area contributed by atoms with Crippen molar-refractivity contribution in [3.63, 3.8) is 0 Å². The number of hydrogen-bond donors (Lipinski definition) is 1. The first kappa shape index (κ1) is 15.8. The predicted molar refractivity (Wildman–Crippen MR) is 88.7 cm³/mol. The van der Waals surface area contributed by atoms with Crippen molar-refractivity contribution in [1.82, 2.24) is 0 Å². The lowest BCUT2D eigenvalue weighted by atomic mass is 9.47. The van der Waals surface area contributed by atoms with Crippen LogP contribution in [0.2, 0.25) is 0 Å². The van der Waals surface area contributed by atoms with Crippen molar-refractivity contribution in [2.24, 2.45) is 10.8 Å². The van der Waals surface area contributed by atoms with Gasteiger partial charge in [-0.1, -0.05) is 35.9 Å². The van der Waals surface area contributed by atoms with Crippen molar-refractivity contribution in [2.45, 2.75) is 66.5 Å². The van der Waals surface area contributed by atoms with Crippen molar-refractivity contribution >= 4 is 43.5 Å². The first-order chi connectivity index (χ1) is 8.90. The third-order valence-electron chi connectivity index (χ3n) is 6.10. The van der Waals surface area contributed by atoms with Gasteiger partial charge >= 0.3 is 0 Å². The van der Waals surface area contributed by atoms with E-state index in [-0.39, 0.29) is 26.6 Å². The van der Waals surface area contributed by atoms with Gasteiger partial charge in [-0.3, -0.25) is 0 Å². The second-order valence-corrected chi connectivity index (χ2v) is 10.6.